The van der Waals surface area contributed by atoms with E-state index in [0.717, 1.165) is 5.56 Å². The number of nitrogens with one attached hydrogen (secondary N) is 1. The number of rotatable bonds is 4. The van der Waals surface area contributed by atoms with Crippen LogP contribution in [0.2, 0.25) is 0 Å². The third-order valence-corrected chi connectivity index (χ3v) is 3.55. The molecule has 1 saturated heterocycles. The molecule has 0 saturated carbocycles. The Bertz CT molecular complexity index is 416. The van der Waals surface area contributed by atoms with Gasteiger partial charge >= 0.3 is 0 Å². The molecular weight excluding hydrogens is 242 g/mol. The van der Waals surface area contributed by atoms with Crippen molar-refractivity contribution in [2.75, 3.05) is 19.8 Å². The second kappa shape index (κ2) is 6.14. The number of hydrogen-bond acceptors (Lipinski definition) is 4. The molecule has 1 aromatic rings. The molecule has 19 heavy (non-hydrogen) atoms. The Morgan fingerprint density at radius 3 is 2.58 bits per heavy atom. The third kappa shape index (κ3) is 3.53. The van der Waals surface area contributed by atoms with Crippen molar-refractivity contribution in [3.8, 4) is 0 Å². The van der Waals surface area contributed by atoms with Crippen LogP contribution in [0.4, 0.5) is 0 Å². The molecule has 1 aliphatic heterocycles. The van der Waals surface area contributed by atoms with Crippen LogP contribution in [0.25, 0.3) is 0 Å². The maximum absolute atomic E-state index is 12.1. The zero-order valence-electron chi connectivity index (χ0n) is 11.0. The van der Waals surface area contributed by atoms with Crippen molar-refractivity contribution < 1.29 is 9.53 Å². The molecule has 1 atom stereocenters. The van der Waals surface area contributed by atoms with Gasteiger partial charge in [-0.05, 0) is 18.4 Å². The van der Waals surface area contributed by atoms with E-state index in [1.807, 2.05) is 30.3 Å². The molecule has 5 N–H and O–H groups in total. The number of hydrogen-bond donors (Lipinski definition) is 3. The summed E-state index contributed by atoms with van der Waals surface area (Å²) < 4.78 is 5.23. The van der Waals surface area contributed by atoms with Crippen molar-refractivity contribution in [1.82, 2.24) is 5.32 Å². The van der Waals surface area contributed by atoms with Crippen LogP contribution in [0.3, 0.4) is 0 Å². The number of benzene rings is 1. The van der Waals surface area contributed by atoms with E-state index < -0.39 is 5.54 Å². The largest absolute Gasteiger partial charge is 0.381 e. The van der Waals surface area contributed by atoms with Gasteiger partial charge in [-0.25, -0.2) is 0 Å². The summed E-state index contributed by atoms with van der Waals surface area (Å²) in [7, 11) is 0. The van der Waals surface area contributed by atoms with E-state index in [4.69, 9.17) is 16.2 Å². The lowest BCUT2D eigenvalue weighted by molar-refractivity contribution is -0.129. The molecule has 1 amide bonds. The second-order valence-corrected chi connectivity index (χ2v) is 5.00. The Morgan fingerprint density at radius 2 is 1.95 bits per heavy atom. The number of carbonyl (C=O) groups excluding carboxylic acids is 1. The van der Waals surface area contributed by atoms with Gasteiger partial charge in [0.05, 0.1) is 5.54 Å². The molecule has 1 heterocycles. The van der Waals surface area contributed by atoms with Crippen molar-refractivity contribution in [2.45, 2.75) is 24.4 Å². The Balaban J connectivity index is 1.86. The molecule has 0 radical (unpaired) electrons. The molecule has 1 aliphatic rings. The lowest BCUT2D eigenvalue weighted by Crippen LogP contribution is -2.57. The number of ether oxygens (including phenoxy) is 1. The maximum Gasteiger partial charge on any atom is 0.240 e. The van der Waals surface area contributed by atoms with Crippen LogP contribution in [0.15, 0.2) is 30.3 Å². The van der Waals surface area contributed by atoms with Gasteiger partial charge in [0.1, 0.15) is 0 Å². The molecule has 0 bridgehead atoms. The zero-order chi connectivity index (χ0) is 13.7. The Morgan fingerprint density at radius 1 is 1.32 bits per heavy atom. The van der Waals surface area contributed by atoms with Gasteiger partial charge < -0.3 is 21.5 Å². The second-order valence-electron chi connectivity index (χ2n) is 5.00. The van der Waals surface area contributed by atoms with Gasteiger partial charge in [-0.15, -0.1) is 0 Å². The molecule has 1 fully saturated rings. The molecule has 0 spiro atoms. The monoisotopic (exact) mass is 263 g/mol. The average molecular weight is 263 g/mol. The van der Waals surface area contributed by atoms with Crippen molar-refractivity contribution in [1.29, 1.82) is 0 Å². The lowest BCUT2D eigenvalue weighted by atomic mass is 9.90. The summed E-state index contributed by atoms with van der Waals surface area (Å²) in [4.78, 5) is 12.1. The molecule has 1 unspecified atom stereocenters. The van der Waals surface area contributed by atoms with Crippen LogP contribution in [0, 0.1) is 0 Å². The van der Waals surface area contributed by atoms with Gasteiger partial charge in [-0.1, -0.05) is 30.3 Å². The van der Waals surface area contributed by atoms with Gasteiger partial charge in [0.2, 0.25) is 5.91 Å². The van der Waals surface area contributed by atoms with E-state index in [-0.39, 0.29) is 11.9 Å². The summed E-state index contributed by atoms with van der Waals surface area (Å²) in [5.41, 5.74) is 12.3. The summed E-state index contributed by atoms with van der Waals surface area (Å²) in [5.74, 6) is -0.137. The summed E-state index contributed by atoms with van der Waals surface area (Å²) in [6.45, 7) is 1.46. The molecule has 104 valence electrons. The van der Waals surface area contributed by atoms with Crippen molar-refractivity contribution in [2.24, 2.45) is 11.5 Å². The molecular formula is C14H21N3O2. The van der Waals surface area contributed by atoms with Gasteiger partial charge in [-0.2, -0.15) is 0 Å². The fourth-order valence-electron chi connectivity index (χ4n) is 2.16. The highest BCUT2D eigenvalue weighted by Gasteiger charge is 2.35. The molecule has 5 nitrogen and oxygen atoms in total. The minimum absolute atomic E-state index is 0.137. The quantitative estimate of drug-likeness (QED) is 0.729. The molecule has 0 aliphatic carbocycles. The lowest BCUT2D eigenvalue weighted by Gasteiger charge is -2.32. The highest BCUT2D eigenvalue weighted by molar-refractivity contribution is 5.86. The zero-order valence-corrected chi connectivity index (χ0v) is 11.0. The first-order chi connectivity index (χ1) is 9.12. The first-order valence-corrected chi connectivity index (χ1v) is 6.57. The summed E-state index contributed by atoms with van der Waals surface area (Å²) in [5, 5.41) is 2.85. The summed E-state index contributed by atoms with van der Waals surface area (Å²) in [6.07, 6.45) is 1.11. The summed E-state index contributed by atoms with van der Waals surface area (Å²) >= 11 is 0. The van der Waals surface area contributed by atoms with Crippen LogP contribution in [-0.4, -0.2) is 31.2 Å². The van der Waals surface area contributed by atoms with Gasteiger partial charge in [0.25, 0.3) is 0 Å². The van der Waals surface area contributed by atoms with Crippen LogP contribution in [0.1, 0.15) is 24.4 Å². The molecule has 5 heteroatoms. The molecule has 1 aromatic carbocycles. The van der Waals surface area contributed by atoms with Crippen molar-refractivity contribution >= 4 is 5.91 Å². The Labute approximate surface area is 113 Å². The van der Waals surface area contributed by atoms with E-state index in [9.17, 15) is 4.79 Å². The minimum Gasteiger partial charge on any atom is -0.381 e. The smallest absolute Gasteiger partial charge is 0.240 e. The van der Waals surface area contributed by atoms with Crippen molar-refractivity contribution in [3.05, 3.63) is 35.9 Å². The molecule has 0 aromatic heterocycles. The summed E-state index contributed by atoms with van der Waals surface area (Å²) in [6, 6.07) is 9.48. The van der Waals surface area contributed by atoms with E-state index in [1.165, 1.54) is 0 Å². The molecule has 2 rings (SSSR count). The van der Waals surface area contributed by atoms with Crippen molar-refractivity contribution in [3.63, 3.8) is 0 Å². The predicted molar refractivity (Wildman–Crippen MR) is 73.4 cm³/mol. The topological polar surface area (TPSA) is 90.4 Å². The van der Waals surface area contributed by atoms with Crippen LogP contribution in [-0.2, 0) is 9.53 Å². The number of carbonyl (C=O) groups is 1. The van der Waals surface area contributed by atoms with Crippen LogP contribution >= 0.6 is 0 Å². The standard InChI is InChI=1S/C14H21N3O2/c15-12(11-4-2-1-3-5-11)10-17-13(18)14(16)6-8-19-9-7-14/h1-5,12H,6-10,15-16H2,(H,17,18). The maximum atomic E-state index is 12.1. The third-order valence-electron chi connectivity index (χ3n) is 3.55. The highest BCUT2D eigenvalue weighted by Crippen LogP contribution is 2.18. The van der Waals surface area contributed by atoms with E-state index in [0.29, 0.717) is 32.6 Å². The first-order valence-electron chi connectivity index (χ1n) is 6.57. The average Bonchev–Trinajstić information content (AvgIpc) is 2.46. The van der Waals surface area contributed by atoms with E-state index in [2.05, 4.69) is 5.32 Å². The Kier molecular flexibility index (Phi) is 4.52. The normalized spacial score (nSPS) is 19.7. The SMILES string of the molecule is NC(CNC(=O)C1(N)CCOCC1)c1ccccc1. The minimum atomic E-state index is -0.811. The van der Waals surface area contributed by atoms with Crippen LogP contribution < -0.4 is 16.8 Å². The van der Waals surface area contributed by atoms with Gasteiger partial charge in [0.15, 0.2) is 0 Å². The number of nitrogens with two attached hydrogens (primary N) is 2. The van der Waals surface area contributed by atoms with E-state index in [1.54, 1.807) is 0 Å². The fraction of sp³-hybridized carbons (Fsp3) is 0.500. The van der Waals surface area contributed by atoms with Crippen LogP contribution in [0.5, 0.6) is 0 Å². The van der Waals surface area contributed by atoms with E-state index >= 15 is 0 Å². The first kappa shape index (κ1) is 14.0. The van der Waals surface area contributed by atoms with Gasteiger partial charge in [-0.3, -0.25) is 4.79 Å². The predicted octanol–water partition coefficient (Wildman–Crippen LogP) is 0.311. The van der Waals surface area contributed by atoms with Gasteiger partial charge in [0, 0.05) is 25.8 Å². The number of amides is 1. The highest BCUT2D eigenvalue weighted by atomic mass is 16.5. The Hall–Kier alpha value is -1.43. The fourth-order valence-corrected chi connectivity index (χ4v) is 2.16.